The van der Waals surface area contributed by atoms with Gasteiger partial charge < -0.3 is 9.31 Å². The van der Waals surface area contributed by atoms with E-state index in [1.54, 1.807) is 0 Å². The third-order valence-electron chi connectivity index (χ3n) is 6.91. The molecule has 1 aliphatic heterocycles. The quantitative estimate of drug-likeness (QED) is 0.324. The fraction of sp³-hybridized carbons (Fsp3) is 0.200. The Balaban J connectivity index is 1.57. The fourth-order valence-electron chi connectivity index (χ4n) is 4.22. The molecule has 2 nitrogen and oxygen atoms in total. The van der Waals surface area contributed by atoms with Gasteiger partial charge in [-0.05, 0) is 72.6 Å². The molecule has 0 spiro atoms. The van der Waals surface area contributed by atoms with E-state index in [2.05, 4.69) is 119 Å². The molecule has 0 radical (unpaired) electrons. The molecule has 4 aromatic carbocycles. The summed E-state index contributed by atoms with van der Waals surface area (Å²) in [5, 5.41) is 0. The molecule has 1 heterocycles. The molecule has 33 heavy (non-hydrogen) atoms. The van der Waals surface area contributed by atoms with Gasteiger partial charge in [0.25, 0.3) is 0 Å². The lowest BCUT2D eigenvalue weighted by atomic mass is 9.76. The summed E-state index contributed by atoms with van der Waals surface area (Å²) in [5.41, 5.74) is 7.38. The van der Waals surface area contributed by atoms with Crippen LogP contribution in [-0.2, 0) is 9.31 Å². The van der Waals surface area contributed by atoms with Gasteiger partial charge in [-0.15, -0.1) is 0 Å². The largest absolute Gasteiger partial charge is 0.494 e. The molecule has 4 aromatic rings. The third kappa shape index (κ3) is 4.27. The third-order valence-corrected chi connectivity index (χ3v) is 6.91. The Bertz CT molecular complexity index is 1230. The van der Waals surface area contributed by atoms with Crippen LogP contribution in [0.2, 0.25) is 0 Å². The molecule has 0 unspecified atom stereocenters. The standard InChI is InChI=1S/C30H29BO2/c1-29(2)30(3,4)33-31(32-29)28-20-26(23-13-9-6-10-14-23)19-27(21-28)25-17-15-24(16-18-25)22-11-7-5-8-12-22/h5-21H,1-4H3. The zero-order valence-electron chi connectivity index (χ0n) is 19.7. The average molecular weight is 432 g/mol. The first-order valence-corrected chi connectivity index (χ1v) is 11.5. The van der Waals surface area contributed by atoms with E-state index in [1.165, 1.54) is 22.3 Å². The maximum absolute atomic E-state index is 6.39. The number of benzene rings is 4. The molecule has 0 amide bonds. The van der Waals surface area contributed by atoms with E-state index >= 15 is 0 Å². The van der Waals surface area contributed by atoms with Crippen molar-refractivity contribution in [2.75, 3.05) is 0 Å². The van der Waals surface area contributed by atoms with Crippen molar-refractivity contribution in [2.45, 2.75) is 38.9 Å². The Labute approximate surface area is 197 Å². The van der Waals surface area contributed by atoms with Crippen LogP contribution in [0.15, 0.2) is 103 Å². The molecule has 3 heteroatoms. The fourth-order valence-corrected chi connectivity index (χ4v) is 4.22. The SMILES string of the molecule is CC1(C)OB(c2cc(-c3ccccc3)cc(-c3ccc(-c4ccccc4)cc3)c2)OC1(C)C. The molecule has 164 valence electrons. The summed E-state index contributed by atoms with van der Waals surface area (Å²) in [6, 6.07) is 36.4. The summed E-state index contributed by atoms with van der Waals surface area (Å²) >= 11 is 0. The van der Waals surface area contributed by atoms with Crippen LogP contribution in [0, 0.1) is 0 Å². The van der Waals surface area contributed by atoms with Gasteiger partial charge in [-0.25, -0.2) is 0 Å². The Morgan fingerprint density at radius 3 is 1.27 bits per heavy atom. The second kappa shape index (κ2) is 8.33. The first-order valence-electron chi connectivity index (χ1n) is 11.5. The lowest BCUT2D eigenvalue weighted by molar-refractivity contribution is 0.00578. The number of rotatable bonds is 4. The zero-order chi connectivity index (χ0) is 23.1. The molecule has 0 N–H and O–H groups in total. The van der Waals surface area contributed by atoms with Gasteiger partial charge in [0.2, 0.25) is 0 Å². The minimum Gasteiger partial charge on any atom is -0.399 e. The first kappa shape index (κ1) is 21.7. The van der Waals surface area contributed by atoms with Crippen molar-refractivity contribution >= 4 is 12.6 Å². The van der Waals surface area contributed by atoms with E-state index in [0.29, 0.717) is 0 Å². The van der Waals surface area contributed by atoms with Crippen LogP contribution in [0.3, 0.4) is 0 Å². The van der Waals surface area contributed by atoms with Crippen LogP contribution < -0.4 is 5.46 Å². The van der Waals surface area contributed by atoms with Gasteiger partial charge in [0.15, 0.2) is 0 Å². The van der Waals surface area contributed by atoms with Crippen molar-refractivity contribution in [2.24, 2.45) is 0 Å². The van der Waals surface area contributed by atoms with Crippen LogP contribution in [0.4, 0.5) is 0 Å². The second-order valence-corrected chi connectivity index (χ2v) is 9.74. The summed E-state index contributed by atoms with van der Waals surface area (Å²) < 4.78 is 12.8. The lowest BCUT2D eigenvalue weighted by Crippen LogP contribution is -2.41. The van der Waals surface area contributed by atoms with E-state index in [-0.39, 0.29) is 11.2 Å². The van der Waals surface area contributed by atoms with E-state index in [4.69, 9.17) is 9.31 Å². The highest BCUT2D eigenvalue weighted by Crippen LogP contribution is 2.37. The van der Waals surface area contributed by atoms with Crippen LogP contribution in [0.1, 0.15) is 27.7 Å². The normalized spacial score (nSPS) is 16.7. The van der Waals surface area contributed by atoms with Gasteiger partial charge in [-0.3, -0.25) is 0 Å². The van der Waals surface area contributed by atoms with Crippen molar-refractivity contribution in [1.82, 2.24) is 0 Å². The highest BCUT2D eigenvalue weighted by atomic mass is 16.7. The summed E-state index contributed by atoms with van der Waals surface area (Å²) in [5.74, 6) is 0. The van der Waals surface area contributed by atoms with E-state index in [1.807, 2.05) is 12.1 Å². The number of hydrogen-bond donors (Lipinski definition) is 0. The Morgan fingerprint density at radius 1 is 0.455 bits per heavy atom. The average Bonchev–Trinajstić information content (AvgIpc) is 3.07. The van der Waals surface area contributed by atoms with Crippen LogP contribution >= 0.6 is 0 Å². The lowest BCUT2D eigenvalue weighted by Gasteiger charge is -2.32. The van der Waals surface area contributed by atoms with Crippen molar-refractivity contribution in [3.63, 3.8) is 0 Å². The minimum atomic E-state index is -0.402. The molecular weight excluding hydrogens is 403 g/mol. The highest BCUT2D eigenvalue weighted by Gasteiger charge is 2.51. The van der Waals surface area contributed by atoms with Crippen molar-refractivity contribution < 1.29 is 9.31 Å². The van der Waals surface area contributed by atoms with Gasteiger partial charge in [-0.1, -0.05) is 97.1 Å². The zero-order valence-corrected chi connectivity index (χ0v) is 19.7. The van der Waals surface area contributed by atoms with Gasteiger partial charge in [0.05, 0.1) is 11.2 Å². The summed E-state index contributed by atoms with van der Waals surface area (Å²) in [7, 11) is -0.402. The number of hydrogen-bond acceptors (Lipinski definition) is 2. The maximum atomic E-state index is 6.39. The predicted molar refractivity (Wildman–Crippen MR) is 138 cm³/mol. The summed E-state index contributed by atoms with van der Waals surface area (Å²) in [6.07, 6.45) is 0. The van der Waals surface area contributed by atoms with Crippen LogP contribution in [0.25, 0.3) is 33.4 Å². The van der Waals surface area contributed by atoms with Crippen LogP contribution in [0.5, 0.6) is 0 Å². The monoisotopic (exact) mass is 432 g/mol. The molecule has 0 saturated carbocycles. The van der Waals surface area contributed by atoms with Crippen molar-refractivity contribution in [3.8, 4) is 33.4 Å². The molecule has 5 rings (SSSR count). The molecule has 1 aliphatic rings. The Kier molecular flexibility index (Phi) is 5.48. The molecular formula is C30H29BO2. The molecule has 1 fully saturated rings. The summed E-state index contributed by atoms with van der Waals surface area (Å²) in [6.45, 7) is 8.38. The predicted octanol–water partition coefficient (Wildman–Crippen LogP) is 6.99. The topological polar surface area (TPSA) is 18.5 Å². The molecule has 1 saturated heterocycles. The van der Waals surface area contributed by atoms with Gasteiger partial charge in [0, 0.05) is 0 Å². The van der Waals surface area contributed by atoms with Crippen LogP contribution in [-0.4, -0.2) is 18.3 Å². The second-order valence-electron chi connectivity index (χ2n) is 9.74. The molecule has 0 aromatic heterocycles. The highest BCUT2D eigenvalue weighted by molar-refractivity contribution is 6.62. The van der Waals surface area contributed by atoms with E-state index in [0.717, 1.165) is 16.6 Å². The Hall–Kier alpha value is -3.14. The van der Waals surface area contributed by atoms with E-state index < -0.39 is 7.12 Å². The molecule has 0 atom stereocenters. The minimum absolute atomic E-state index is 0.377. The van der Waals surface area contributed by atoms with E-state index in [9.17, 15) is 0 Å². The summed E-state index contributed by atoms with van der Waals surface area (Å²) in [4.78, 5) is 0. The van der Waals surface area contributed by atoms with Crippen molar-refractivity contribution in [1.29, 1.82) is 0 Å². The molecule has 0 aliphatic carbocycles. The Morgan fingerprint density at radius 2 is 0.818 bits per heavy atom. The van der Waals surface area contributed by atoms with Gasteiger partial charge >= 0.3 is 7.12 Å². The first-order chi connectivity index (χ1) is 15.8. The molecule has 0 bridgehead atoms. The maximum Gasteiger partial charge on any atom is 0.494 e. The smallest absolute Gasteiger partial charge is 0.399 e. The van der Waals surface area contributed by atoms with Gasteiger partial charge in [0.1, 0.15) is 0 Å². The van der Waals surface area contributed by atoms with Crippen molar-refractivity contribution in [3.05, 3.63) is 103 Å². The van der Waals surface area contributed by atoms with Gasteiger partial charge in [-0.2, -0.15) is 0 Å².